The molecular weight excluding hydrogens is 362 g/mol. The lowest BCUT2D eigenvalue weighted by molar-refractivity contribution is 0.366. The molecule has 1 unspecified atom stereocenters. The molecule has 6 nitrogen and oxygen atoms in total. The molecule has 0 saturated carbocycles. The van der Waals surface area contributed by atoms with E-state index in [2.05, 4.69) is 39.7 Å². The van der Waals surface area contributed by atoms with Crippen LogP contribution in [0.25, 0.3) is 11.0 Å². The summed E-state index contributed by atoms with van der Waals surface area (Å²) in [4.78, 5) is 20.2. The van der Waals surface area contributed by atoms with Gasteiger partial charge in [-0.25, -0.2) is 4.68 Å². The van der Waals surface area contributed by atoms with Crippen LogP contribution < -0.4 is 10.9 Å². The molecule has 0 aliphatic rings. The van der Waals surface area contributed by atoms with Crippen molar-refractivity contribution in [1.29, 1.82) is 0 Å². The van der Waals surface area contributed by atoms with E-state index in [1.807, 2.05) is 57.2 Å². The van der Waals surface area contributed by atoms with Crippen LogP contribution in [0.1, 0.15) is 37.9 Å². The highest BCUT2D eigenvalue weighted by atomic mass is 16.1. The van der Waals surface area contributed by atoms with Crippen LogP contribution in [0.2, 0.25) is 0 Å². The Bertz CT molecular complexity index is 1160. The zero-order valence-electron chi connectivity index (χ0n) is 16.9. The lowest BCUT2D eigenvalue weighted by Gasteiger charge is -2.21. The molecule has 148 valence electrons. The van der Waals surface area contributed by atoms with Crippen LogP contribution in [-0.4, -0.2) is 19.7 Å². The largest absolute Gasteiger partial charge is 0.349 e. The van der Waals surface area contributed by atoms with E-state index in [9.17, 15) is 4.79 Å². The van der Waals surface area contributed by atoms with Crippen molar-refractivity contribution in [3.8, 4) is 0 Å². The fourth-order valence-corrected chi connectivity index (χ4v) is 3.43. The lowest BCUT2D eigenvalue weighted by Crippen LogP contribution is -2.25. The van der Waals surface area contributed by atoms with Crippen molar-refractivity contribution in [3.63, 3.8) is 0 Å². The Kier molecular flexibility index (Phi) is 4.92. The van der Waals surface area contributed by atoms with Gasteiger partial charge in [-0.15, -0.1) is 0 Å². The van der Waals surface area contributed by atoms with Crippen LogP contribution in [0.4, 0.5) is 5.95 Å². The molecule has 4 rings (SSSR count). The molecule has 2 aromatic heterocycles. The number of hydrogen-bond acceptors (Lipinski definition) is 4. The number of rotatable bonds is 5. The van der Waals surface area contributed by atoms with Gasteiger partial charge in [0.15, 0.2) is 5.65 Å². The van der Waals surface area contributed by atoms with Gasteiger partial charge in [0.05, 0.1) is 17.8 Å². The van der Waals surface area contributed by atoms with Crippen molar-refractivity contribution < 1.29 is 0 Å². The van der Waals surface area contributed by atoms with E-state index in [1.165, 1.54) is 5.56 Å². The fraction of sp³-hybridized carbons (Fsp3) is 0.261. The van der Waals surface area contributed by atoms with Gasteiger partial charge in [0, 0.05) is 0 Å². The van der Waals surface area contributed by atoms with Crippen molar-refractivity contribution in [1.82, 2.24) is 19.7 Å². The number of aromatic amines is 1. The molecule has 4 aromatic rings. The first-order chi connectivity index (χ1) is 13.9. The van der Waals surface area contributed by atoms with Gasteiger partial charge in [-0.2, -0.15) is 10.1 Å². The van der Waals surface area contributed by atoms with Gasteiger partial charge in [0.2, 0.25) is 5.95 Å². The molecule has 29 heavy (non-hydrogen) atoms. The highest BCUT2D eigenvalue weighted by Crippen LogP contribution is 2.23. The zero-order chi connectivity index (χ0) is 20.4. The normalized spacial score (nSPS) is 12.8. The third-order valence-corrected chi connectivity index (χ3v) is 4.87. The summed E-state index contributed by atoms with van der Waals surface area (Å²) >= 11 is 0. The molecule has 0 spiro atoms. The number of nitrogens with zero attached hydrogens (tertiary/aromatic N) is 3. The van der Waals surface area contributed by atoms with E-state index in [0.29, 0.717) is 17.0 Å². The standard InChI is InChI=1S/C23H25N5O/c1-23(2,3)28-20-18(15-24-28)21(29)27-22(26-20)25-19(17-12-8-5-9-13-17)14-16-10-6-4-7-11-16/h4-13,15,19H,14H2,1-3H3,(H2,25,26,27,29). The maximum absolute atomic E-state index is 12.6. The number of nitrogens with one attached hydrogen (secondary N) is 2. The number of benzene rings is 2. The van der Waals surface area contributed by atoms with Gasteiger partial charge < -0.3 is 5.32 Å². The first-order valence-electron chi connectivity index (χ1n) is 9.76. The molecule has 0 aliphatic carbocycles. The summed E-state index contributed by atoms with van der Waals surface area (Å²) in [6, 6.07) is 20.4. The van der Waals surface area contributed by atoms with Gasteiger partial charge >= 0.3 is 0 Å². The fourth-order valence-electron chi connectivity index (χ4n) is 3.43. The van der Waals surface area contributed by atoms with Gasteiger partial charge in [-0.3, -0.25) is 9.78 Å². The van der Waals surface area contributed by atoms with Gasteiger partial charge in [0.25, 0.3) is 5.56 Å². The maximum Gasteiger partial charge on any atom is 0.263 e. The highest BCUT2D eigenvalue weighted by Gasteiger charge is 2.21. The Morgan fingerprint density at radius 1 is 1.03 bits per heavy atom. The summed E-state index contributed by atoms with van der Waals surface area (Å²) in [5, 5.41) is 8.31. The topological polar surface area (TPSA) is 75.6 Å². The molecule has 0 saturated heterocycles. The molecular formula is C23H25N5O. The van der Waals surface area contributed by atoms with E-state index in [-0.39, 0.29) is 17.1 Å². The number of aromatic nitrogens is 4. The summed E-state index contributed by atoms with van der Waals surface area (Å²) < 4.78 is 1.79. The second kappa shape index (κ2) is 7.54. The van der Waals surface area contributed by atoms with Crippen LogP contribution in [0.5, 0.6) is 0 Å². The molecule has 2 N–H and O–H groups in total. The quantitative estimate of drug-likeness (QED) is 0.536. The number of fused-ring (bicyclic) bond motifs is 1. The molecule has 0 radical (unpaired) electrons. The van der Waals surface area contributed by atoms with E-state index in [1.54, 1.807) is 10.9 Å². The summed E-state index contributed by atoms with van der Waals surface area (Å²) in [7, 11) is 0. The first kappa shape index (κ1) is 18.9. The van der Waals surface area contributed by atoms with E-state index in [0.717, 1.165) is 12.0 Å². The molecule has 2 heterocycles. The molecule has 0 aliphatic heterocycles. The number of H-pyrrole nitrogens is 1. The highest BCUT2D eigenvalue weighted by molar-refractivity contribution is 5.74. The average molecular weight is 387 g/mol. The Morgan fingerprint density at radius 2 is 1.69 bits per heavy atom. The average Bonchev–Trinajstić information content (AvgIpc) is 3.14. The van der Waals surface area contributed by atoms with Crippen LogP contribution in [-0.2, 0) is 12.0 Å². The van der Waals surface area contributed by atoms with Crippen molar-refractivity contribution >= 4 is 17.0 Å². The number of anilines is 1. The van der Waals surface area contributed by atoms with E-state index >= 15 is 0 Å². The Morgan fingerprint density at radius 3 is 2.34 bits per heavy atom. The minimum absolute atomic E-state index is 0.0368. The zero-order valence-corrected chi connectivity index (χ0v) is 16.9. The van der Waals surface area contributed by atoms with Crippen molar-refractivity contribution in [3.05, 3.63) is 88.3 Å². The Hall–Kier alpha value is -3.41. The molecule has 0 fully saturated rings. The van der Waals surface area contributed by atoms with Crippen LogP contribution in [0.15, 0.2) is 71.7 Å². The SMILES string of the molecule is CC(C)(C)n1ncc2c(=O)[nH]c(NC(Cc3ccccc3)c3ccccc3)nc21. The Balaban J connectivity index is 1.74. The smallest absolute Gasteiger partial charge is 0.263 e. The number of hydrogen-bond donors (Lipinski definition) is 2. The van der Waals surface area contributed by atoms with Gasteiger partial charge in [-0.05, 0) is 38.3 Å². The predicted molar refractivity (Wildman–Crippen MR) is 116 cm³/mol. The lowest BCUT2D eigenvalue weighted by atomic mass is 9.99. The third-order valence-electron chi connectivity index (χ3n) is 4.87. The van der Waals surface area contributed by atoms with Crippen LogP contribution in [0.3, 0.4) is 0 Å². The summed E-state index contributed by atoms with van der Waals surface area (Å²) in [6.07, 6.45) is 2.35. The summed E-state index contributed by atoms with van der Waals surface area (Å²) in [6.45, 7) is 6.12. The monoisotopic (exact) mass is 387 g/mol. The molecule has 1 atom stereocenters. The molecule has 0 bridgehead atoms. The van der Waals surface area contributed by atoms with Crippen molar-refractivity contribution in [2.24, 2.45) is 0 Å². The second-order valence-corrected chi connectivity index (χ2v) is 8.18. The first-order valence-corrected chi connectivity index (χ1v) is 9.76. The maximum atomic E-state index is 12.6. The van der Waals surface area contributed by atoms with Crippen molar-refractivity contribution in [2.45, 2.75) is 38.8 Å². The minimum atomic E-state index is -0.275. The second-order valence-electron chi connectivity index (χ2n) is 8.18. The predicted octanol–water partition coefficient (Wildman–Crippen LogP) is 4.27. The minimum Gasteiger partial charge on any atom is -0.349 e. The van der Waals surface area contributed by atoms with Gasteiger partial charge in [-0.1, -0.05) is 60.7 Å². The van der Waals surface area contributed by atoms with Gasteiger partial charge in [0.1, 0.15) is 5.39 Å². The summed E-state index contributed by atoms with van der Waals surface area (Å²) in [5.41, 5.74) is 2.44. The molecule has 6 heteroatoms. The van der Waals surface area contributed by atoms with E-state index in [4.69, 9.17) is 4.98 Å². The molecule has 0 amide bonds. The van der Waals surface area contributed by atoms with Crippen LogP contribution >= 0.6 is 0 Å². The van der Waals surface area contributed by atoms with Crippen molar-refractivity contribution in [2.75, 3.05) is 5.32 Å². The summed E-state index contributed by atoms with van der Waals surface area (Å²) in [5.74, 6) is 0.443. The Labute approximate surface area is 169 Å². The molecule has 2 aromatic carbocycles. The third kappa shape index (κ3) is 4.06. The van der Waals surface area contributed by atoms with Crippen LogP contribution in [0, 0.1) is 0 Å². The van der Waals surface area contributed by atoms with E-state index < -0.39 is 0 Å².